The first-order chi connectivity index (χ1) is 8.79. The van der Waals surface area contributed by atoms with Gasteiger partial charge in [-0.3, -0.25) is 4.68 Å². The fraction of sp³-hybridized carbons (Fsp3) is 0.308. The van der Waals surface area contributed by atoms with Gasteiger partial charge in [-0.05, 0) is 24.6 Å². The molecular weight excluding hydrogens is 290 g/mol. The number of aryl methyl sites for hydroxylation is 1. The summed E-state index contributed by atoms with van der Waals surface area (Å²) < 4.78 is 15.1. The van der Waals surface area contributed by atoms with Crippen LogP contribution in [-0.2, 0) is 19.1 Å². The molecule has 19 heavy (non-hydrogen) atoms. The Morgan fingerprint density at radius 3 is 2.63 bits per heavy atom. The van der Waals surface area contributed by atoms with Crippen molar-refractivity contribution in [2.45, 2.75) is 18.9 Å². The number of aromatic nitrogens is 2. The highest BCUT2D eigenvalue weighted by molar-refractivity contribution is 6.35. The van der Waals surface area contributed by atoms with Crippen molar-refractivity contribution in [3.05, 3.63) is 51.5 Å². The standard InChI is InChI=1S/C13H13Cl2FN2O/c1-13(19,5-8-6-17-18(2)7-8)9-3-12(16)11(15)4-10(9)14/h3-4,6-7,19H,5H2,1-2H3. The first kappa shape index (κ1) is 14.3. The summed E-state index contributed by atoms with van der Waals surface area (Å²) in [5.74, 6) is -0.604. The van der Waals surface area contributed by atoms with Gasteiger partial charge in [0.1, 0.15) is 5.82 Å². The van der Waals surface area contributed by atoms with Crippen molar-refractivity contribution in [1.29, 1.82) is 0 Å². The number of rotatable bonds is 3. The van der Waals surface area contributed by atoms with Crippen LogP contribution in [-0.4, -0.2) is 14.9 Å². The second-order valence-corrected chi connectivity index (χ2v) is 5.53. The molecule has 1 unspecified atom stereocenters. The normalized spacial score (nSPS) is 14.4. The monoisotopic (exact) mass is 302 g/mol. The van der Waals surface area contributed by atoms with Gasteiger partial charge in [0.05, 0.1) is 16.8 Å². The molecule has 3 nitrogen and oxygen atoms in total. The lowest BCUT2D eigenvalue weighted by Crippen LogP contribution is -2.24. The Bertz CT molecular complexity index is 611. The Balaban J connectivity index is 2.36. The zero-order valence-corrected chi connectivity index (χ0v) is 12.0. The molecule has 2 rings (SSSR count). The molecule has 6 heteroatoms. The first-order valence-corrected chi connectivity index (χ1v) is 6.40. The minimum absolute atomic E-state index is 0.0640. The van der Waals surface area contributed by atoms with E-state index in [4.69, 9.17) is 23.2 Å². The zero-order valence-electron chi connectivity index (χ0n) is 10.5. The van der Waals surface area contributed by atoms with E-state index in [1.807, 2.05) is 0 Å². The zero-order chi connectivity index (χ0) is 14.2. The van der Waals surface area contributed by atoms with Crippen LogP contribution >= 0.6 is 23.2 Å². The summed E-state index contributed by atoms with van der Waals surface area (Å²) in [6.07, 6.45) is 3.71. The topological polar surface area (TPSA) is 38.0 Å². The average Bonchev–Trinajstić information content (AvgIpc) is 2.68. The van der Waals surface area contributed by atoms with Gasteiger partial charge < -0.3 is 5.11 Å². The van der Waals surface area contributed by atoms with Gasteiger partial charge in [0.2, 0.25) is 0 Å². The van der Waals surface area contributed by atoms with E-state index in [-0.39, 0.29) is 16.5 Å². The highest BCUT2D eigenvalue weighted by Crippen LogP contribution is 2.34. The highest BCUT2D eigenvalue weighted by atomic mass is 35.5. The van der Waals surface area contributed by atoms with Crippen molar-refractivity contribution in [3.63, 3.8) is 0 Å². The van der Waals surface area contributed by atoms with Crippen molar-refractivity contribution in [2.24, 2.45) is 7.05 Å². The number of aliphatic hydroxyl groups is 1. The number of benzene rings is 1. The smallest absolute Gasteiger partial charge is 0.142 e. The molecule has 0 amide bonds. The molecule has 0 fully saturated rings. The molecule has 0 saturated carbocycles. The molecule has 0 radical (unpaired) electrons. The van der Waals surface area contributed by atoms with Gasteiger partial charge >= 0.3 is 0 Å². The molecular formula is C13H13Cl2FN2O. The molecule has 1 heterocycles. The molecule has 0 bridgehead atoms. The van der Waals surface area contributed by atoms with Gasteiger partial charge in [-0.2, -0.15) is 5.10 Å². The molecule has 102 valence electrons. The summed E-state index contributed by atoms with van der Waals surface area (Å²) in [6, 6.07) is 2.46. The van der Waals surface area contributed by atoms with Crippen LogP contribution in [0.5, 0.6) is 0 Å². The van der Waals surface area contributed by atoms with Gasteiger partial charge in [0.25, 0.3) is 0 Å². The minimum atomic E-state index is -1.30. The molecule has 2 aromatic rings. The number of hydrogen-bond donors (Lipinski definition) is 1. The van der Waals surface area contributed by atoms with Gasteiger partial charge in [-0.25, -0.2) is 4.39 Å². The highest BCUT2D eigenvalue weighted by Gasteiger charge is 2.28. The Kier molecular flexibility index (Phi) is 3.85. The predicted octanol–water partition coefficient (Wildman–Crippen LogP) is 3.32. The first-order valence-electron chi connectivity index (χ1n) is 5.64. The van der Waals surface area contributed by atoms with E-state index in [1.165, 1.54) is 12.1 Å². The molecule has 0 aliphatic carbocycles. The number of nitrogens with zero attached hydrogens (tertiary/aromatic N) is 2. The maximum absolute atomic E-state index is 13.5. The van der Waals surface area contributed by atoms with Crippen LogP contribution in [0.15, 0.2) is 24.5 Å². The molecule has 1 aromatic heterocycles. The minimum Gasteiger partial charge on any atom is -0.385 e. The number of halogens is 3. The Hall–Kier alpha value is -1.10. The fourth-order valence-corrected chi connectivity index (χ4v) is 2.58. The summed E-state index contributed by atoms with van der Waals surface area (Å²) in [4.78, 5) is 0. The Labute approximate surface area is 120 Å². The van der Waals surface area contributed by atoms with E-state index in [0.29, 0.717) is 5.56 Å². The summed E-state index contributed by atoms with van der Waals surface area (Å²) in [5.41, 5.74) is -0.162. The summed E-state index contributed by atoms with van der Waals surface area (Å²) in [6.45, 7) is 1.58. The van der Waals surface area contributed by atoms with Crippen LogP contribution in [0.3, 0.4) is 0 Å². The van der Waals surface area contributed by atoms with Crippen molar-refractivity contribution in [2.75, 3.05) is 0 Å². The van der Waals surface area contributed by atoms with Crippen molar-refractivity contribution in [3.8, 4) is 0 Å². The van der Waals surface area contributed by atoms with Crippen LogP contribution < -0.4 is 0 Å². The van der Waals surface area contributed by atoms with Gasteiger partial charge in [0, 0.05) is 30.3 Å². The molecule has 0 saturated heterocycles. The maximum atomic E-state index is 13.5. The van der Waals surface area contributed by atoms with Crippen molar-refractivity contribution < 1.29 is 9.50 Å². The summed E-state index contributed by atoms with van der Waals surface area (Å²) in [5, 5.41) is 14.7. The summed E-state index contributed by atoms with van der Waals surface area (Å²) in [7, 11) is 1.78. The molecule has 0 aliphatic heterocycles. The van der Waals surface area contributed by atoms with Crippen LogP contribution in [0.25, 0.3) is 0 Å². The quantitative estimate of drug-likeness (QED) is 0.883. The average molecular weight is 303 g/mol. The SMILES string of the molecule is Cn1cc(CC(C)(O)c2cc(F)c(Cl)cc2Cl)cn1. The lowest BCUT2D eigenvalue weighted by Gasteiger charge is -2.24. The molecule has 0 spiro atoms. The van der Waals surface area contributed by atoms with E-state index in [2.05, 4.69) is 5.10 Å². The summed E-state index contributed by atoms with van der Waals surface area (Å²) >= 11 is 11.7. The fourth-order valence-electron chi connectivity index (χ4n) is 1.99. The maximum Gasteiger partial charge on any atom is 0.142 e. The van der Waals surface area contributed by atoms with Crippen LogP contribution in [0.1, 0.15) is 18.1 Å². The Morgan fingerprint density at radius 2 is 2.05 bits per heavy atom. The third-order valence-electron chi connectivity index (χ3n) is 2.90. The van der Waals surface area contributed by atoms with E-state index in [0.717, 1.165) is 5.56 Å². The number of hydrogen-bond acceptors (Lipinski definition) is 2. The lowest BCUT2D eigenvalue weighted by molar-refractivity contribution is 0.0574. The van der Waals surface area contributed by atoms with Gasteiger partial charge in [-0.15, -0.1) is 0 Å². The van der Waals surface area contributed by atoms with Gasteiger partial charge in [-0.1, -0.05) is 23.2 Å². The van der Waals surface area contributed by atoms with Crippen molar-refractivity contribution in [1.82, 2.24) is 9.78 Å². The van der Waals surface area contributed by atoms with Crippen LogP contribution in [0.2, 0.25) is 10.0 Å². The van der Waals surface area contributed by atoms with E-state index in [9.17, 15) is 9.50 Å². The third-order valence-corrected chi connectivity index (χ3v) is 3.50. The molecule has 1 atom stereocenters. The van der Waals surface area contributed by atoms with E-state index >= 15 is 0 Å². The molecule has 1 N–H and O–H groups in total. The Morgan fingerprint density at radius 1 is 1.37 bits per heavy atom. The lowest BCUT2D eigenvalue weighted by atomic mass is 9.90. The predicted molar refractivity (Wildman–Crippen MR) is 72.9 cm³/mol. The largest absolute Gasteiger partial charge is 0.385 e. The van der Waals surface area contributed by atoms with Gasteiger partial charge in [0.15, 0.2) is 0 Å². The van der Waals surface area contributed by atoms with E-state index < -0.39 is 11.4 Å². The second-order valence-electron chi connectivity index (χ2n) is 4.72. The van der Waals surface area contributed by atoms with Crippen LogP contribution in [0.4, 0.5) is 4.39 Å². The second kappa shape index (κ2) is 5.12. The van der Waals surface area contributed by atoms with Crippen molar-refractivity contribution >= 4 is 23.2 Å². The van der Waals surface area contributed by atoms with E-state index in [1.54, 1.807) is 31.0 Å². The molecule has 0 aliphatic rings. The van der Waals surface area contributed by atoms with Crippen LogP contribution in [0, 0.1) is 5.82 Å². The third kappa shape index (κ3) is 3.08. The molecule has 1 aromatic carbocycles.